The van der Waals surface area contributed by atoms with Crippen molar-refractivity contribution in [1.82, 2.24) is 0 Å². The fourth-order valence-electron chi connectivity index (χ4n) is 2.09. The lowest BCUT2D eigenvalue weighted by Gasteiger charge is -2.35. The Kier molecular flexibility index (Phi) is 5.66. The molecule has 0 bridgehead atoms. The summed E-state index contributed by atoms with van der Waals surface area (Å²) in [5.74, 6) is 2.61. The fraction of sp³-hybridized carbons (Fsp3) is 1.00. The molecule has 0 radical (unpaired) electrons. The van der Waals surface area contributed by atoms with Crippen molar-refractivity contribution in [2.75, 3.05) is 6.61 Å². The molecule has 0 spiro atoms. The number of hydrogen-bond acceptors (Lipinski definition) is 1. The van der Waals surface area contributed by atoms with Crippen molar-refractivity contribution in [2.24, 2.45) is 17.8 Å². The first-order valence-electron chi connectivity index (χ1n) is 6.69. The van der Waals surface area contributed by atoms with Gasteiger partial charge in [-0.25, -0.2) is 0 Å². The lowest BCUT2D eigenvalue weighted by atomic mass is 9.78. The molecule has 0 aromatic carbocycles. The minimum atomic E-state index is 0.598. The van der Waals surface area contributed by atoms with E-state index in [1.165, 1.54) is 32.1 Å². The molecule has 1 aliphatic carbocycles. The molecule has 1 nitrogen and oxygen atoms in total. The van der Waals surface area contributed by atoms with Crippen LogP contribution in [0.2, 0.25) is 0 Å². The smallest absolute Gasteiger partial charge is 0.0580 e. The predicted molar refractivity (Wildman–Crippen MR) is 66.0 cm³/mol. The van der Waals surface area contributed by atoms with E-state index in [9.17, 15) is 0 Å². The van der Waals surface area contributed by atoms with Crippen LogP contribution >= 0.6 is 0 Å². The predicted octanol–water partition coefficient (Wildman–Crippen LogP) is 4.26. The Hall–Kier alpha value is -0.0400. The average molecular weight is 212 g/mol. The summed E-state index contributed by atoms with van der Waals surface area (Å²) in [6.07, 6.45) is 7.27. The van der Waals surface area contributed by atoms with Crippen molar-refractivity contribution in [3.05, 3.63) is 0 Å². The molecule has 0 aromatic rings. The van der Waals surface area contributed by atoms with E-state index in [-0.39, 0.29) is 0 Å². The Balaban J connectivity index is 1.91. The topological polar surface area (TPSA) is 9.23 Å². The van der Waals surface area contributed by atoms with E-state index < -0.39 is 0 Å². The van der Waals surface area contributed by atoms with Gasteiger partial charge in [0.15, 0.2) is 0 Å². The summed E-state index contributed by atoms with van der Waals surface area (Å²) in [4.78, 5) is 0. The molecule has 1 heteroatoms. The molecule has 90 valence electrons. The van der Waals surface area contributed by atoms with Gasteiger partial charge in [-0.1, -0.05) is 40.5 Å². The van der Waals surface area contributed by atoms with Gasteiger partial charge in [0.25, 0.3) is 0 Å². The summed E-state index contributed by atoms with van der Waals surface area (Å²) in [5.41, 5.74) is 0. The van der Waals surface area contributed by atoms with Crippen molar-refractivity contribution >= 4 is 0 Å². The monoisotopic (exact) mass is 212 g/mol. The Bertz CT molecular complexity index is 157. The van der Waals surface area contributed by atoms with Crippen LogP contribution in [0.25, 0.3) is 0 Å². The second kappa shape index (κ2) is 6.52. The van der Waals surface area contributed by atoms with Crippen LogP contribution < -0.4 is 0 Å². The Morgan fingerprint density at radius 2 is 1.60 bits per heavy atom. The molecule has 0 N–H and O–H groups in total. The summed E-state index contributed by atoms with van der Waals surface area (Å²) >= 11 is 0. The van der Waals surface area contributed by atoms with Crippen LogP contribution in [-0.4, -0.2) is 12.7 Å². The van der Waals surface area contributed by atoms with E-state index in [0.717, 1.165) is 24.4 Å². The minimum absolute atomic E-state index is 0.598. The van der Waals surface area contributed by atoms with Crippen LogP contribution in [0, 0.1) is 17.8 Å². The molecule has 0 atom stereocenters. The zero-order chi connectivity index (χ0) is 11.3. The molecule has 0 aromatic heterocycles. The molecule has 1 rings (SSSR count). The van der Waals surface area contributed by atoms with E-state index in [2.05, 4.69) is 27.7 Å². The fourth-order valence-corrected chi connectivity index (χ4v) is 2.09. The molecule has 0 saturated heterocycles. The Morgan fingerprint density at radius 1 is 1.00 bits per heavy atom. The van der Waals surface area contributed by atoms with E-state index in [0.29, 0.717) is 6.10 Å². The highest BCUT2D eigenvalue weighted by molar-refractivity contribution is 4.80. The van der Waals surface area contributed by atoms with Gasteiger partial charge >= 0.3 is 0 Å². The largest absolute Gasteiger partial charge is 0.378 e. The van der Waals surface area contributed by atoms with Gasteiger partial charge in [-0.3, -0.25) is 0 Å². The van der Waals surface area contributed by atoms with Gasteiger partial charge in [-0.05, 0) is 37.0 Å². The summed E-state index contributed by atoms with van der Waals surface area (Å²) in [7, 11) is 0. The van der Waals surface area contributed by atoms with Gasteiger partial charge in [0, 0.05) is 6.61 Å². The molecule has 15 heavy (non-hydrogen) atoms. The first kappa shape index (κ1) is 13.0. The third-order valence-corrected chi connectivity index (χ3v) is 3.39. The van der Waals surface area contributed by atoms with Crippen LogP contribution in [0.5, 0.6) is 0 Å². The summed E-state index contributed by atoms with van der Waals surface area (Å²) in [5, 5.41) is 0. The number of ether oxygens (including phenoxy) is 1. The van der Waals surface area contributed by atoms with Crippen molar-refractivity contribution < 1.29 is 4.74 Å². The van der Waals surface area contributed by atoms with Gasteiger partial charge in [0.05, 0.1) is 6.10 Å². The maximum absolute atomic E-state index is 5.83. The summed E-state index contributed by atoms with van der Waals surface area (Å²) in [6.45, 7) is 10.1. The van der Waals surface area contributed by atoms with Gasteiger partial charge < -0.3 is 4.74 Å². The van der Waals surface area contributed by atoms with Crippen molar-refractivity contribution in [2.45, 2.75) is 65.9 Å². The van der Waals surface area contributed by atoms with Crippen molar-refractivity contribution in [3.63, 3.8) is 0 Å². The quantitative estimate of drug-likeness (QED) is 0.612. The van der Waals surface area contributed by atoms with Crippen molar-refractivity contribution in [1.29, 1.82) is 0 Å². The van der Waals surface area contributed by atoms with E-state index in [4.69, 9.17) is 4.74 Å². The molecule has 0 heterocycles. The zero-order valence-electron chi connectivity index (χ0n) is 11.0. The van der Waals surface area contributed by atoms with Gasteiger partial charge in [0.1, 0.15) is 0 Å². The van der Waals surface area contributed by atoms with E-state index >= 15 is 0 Å². The van der Waals surface area contributed by atoms with Crippen LogP contribution in [-0.2, 0) is 4.74 Å². The summed E-state index contributed by atoms with van der Waals surface area (Å²) < 4.78 is 5.83. The number of hydrogen-bond donors (Lipinski definition) is 0. The average Bonchev–Trinajstić information content (AvgIpc) is 2.06. The maximum atomic E-state index is 5.83. The molecule has 1 aliphatic rings. The van der Waals surface area contributed by atoms with Crippen LogP contribution in [0.15, 0.2) is 0 Å². The normalized spacial score (nSPS) is 26.0. The molecular weight excluding hydrogens is 184 g/mol. The lowest BCUT2D eigenvalue weighted by molar-refractivity contribution is -0.0369. The van der Waals surface area contributed by atoms with Gasteiger partial charge in [0.2, 0.25) is 0 Å². The van der Waals surface area contributed by atoms with Gasteiger partial charge in [-0.15, -0.1) is 0 Å². The van der Waals surface area contributed by atoms with Crippen LogP contribution in [0.4, 0.5) is 0 Å². The SMILES string of the molecule is CC(C)CCOC1CC(CCC(C)C)C1. The first-order chi connectivity index (χ1) is 7.08. The van der Waals surface area contributed by atoms with Crippen LogP contribution in [0.1, 0.15) is 59.8 Å². The first-order valence-corrected chi connectivity index (χ1v) is 6.69. The lowest BCUT2D eigenvalue weighted by Crippen LogP contribution is -2.32. The second-order valence-corrected chi connectivity index (χ2v) is 5.98. The molecule has 0 aliphatic heterocycles. The molecule has 0 amide bonds. The molecular formula is C14H28O. The van der Waals surface area contributed by atoms with E-state index in [1.807, 2.05) is 0 Å². The van der Waals surface area contributed by atoms with Crippen LogP contribution in [0.3, 0.4) is 0 Å². The third kappa shape index (κ3) is 5.55. The molecule has 0 unspecified atom stereocenters. The maximum Gasteiger partial charge on any atom is 0.0580 e. The second-order valence-electron chi connectivity index (χ2n) is 5.98. The minimum Gasteiger partial charge on any atom is -0.378 e. The zero-order valence-corrected chi connectivity index (χ0v) is 11.0. The summed E-state index contributed by atoms with van der Waals surface area (Å²) in [6, 6.07) is 0. The highest BCUT2D eigenvalue weighted by Crippen LogP contribution is 2.34. The highest BCUT2D eigenvalue weighted by Gasteiger charge is 2.29. The highest BCUT2D eigenvalue weighted by atomic mass is 16.5. The number of rotatable bonds is 7. The Labute approximate surface area is 95.6 Å². The van der Waals surface area contributed by atoms with E-state index in [1.54, 1.807) is 0 Å². The van der Waals surface area contributed by atoms with Gasteiger partial charge in [-0.2, -0.15) is 0 Å². The Morgan fingerprint density at radius 3 is 2.13 bits per heavy atom. The molecule has 1 saturated carbocycles. The molecule has 1 fully saturated rings. The standard InChI is InChI=1S/C14H28O/c1-11(2)5-6-13-9-14(10-13)15-8-7-12(3)4/h11-14H,5-10H2,1-4H3. The van der Waals surface area contributed by atoms with Crippen molar-refractivity contribution in [3.8, 4) is 0 Å². The third-order valence-electron chi connectivity index (χ3n) is 3.39.